The summed E-state index contributed by atoms with van der Waals surface area (Å²) in [6, 6.07) is 8.24. The Balaban J connectivity index is 0.00000208. The molecule has 5 N–H and O–H groups in total. The van der Waals surface area contributed by atoms with E-state index in [0.717, 1.165) is 0 Å². The summed E-state index contributed by atoms with van der Waals surface area (Å²) in [5.41, 5.74) is 13.6. The van der Waals surface area contributed by atoms with Crippen molar-refractivity contribution >= 4 is 47.5 Å². The average Bonchev–Trinajstić information content (AvgIpc) is 2.92. The van der Waals surface area contributed by atoms with Gasteiger partial charge in [-0.05, 0) is 30.3 Å². The summed E-state index contributed by atoms with van der Waals surface area (Å²) in [5.74, 6) is -0.459. The zero-order chi connectivity index (χ0) is 16.6. The van der Waals surface area contributed by atoms with Crippen LogP contribution in [0.5, 0.6) is 0 Å². The minimum absolute atomic E-state index is 0. The number of nitrogens with zero attached hydrogens (tertiary/aromatic N) is 2. The zero-order valence-corrected chi connectivity index (χ0v) is 14.4. The van der Waals surface area contributed by atoms with Crippen LogP contribution in [0.15, 0.2) is 36.5 Å². The van der Waals surface area contributed by atoms with Crippen LogP contribution < -0.4 is 11.5 Å². The number of hydrogen-bond donors (Lipinski definition) is 3. The first-order valence-electron chi connectivity index (χ1n) is 6.53. The highest BCUT2D eigenvalue weighted by Crippen LogP contribution is 2.34. The molecule has 2 heterocycles. The summed E-state index contributed by atoms with van der Waals surface area (Å²) in [7, 11) is 0. The summed E-state index contributed by atoms with van der Waals surface area (Å²) in [6.07, 6.45) is 1.53. The number of carbonyl (C=O) groups excluding carboxylic acids is 1. The van der Waals surface area contributed by atoms with Crippen LogP contribution in [0.25, 0.3) is 22.6 Å². The second-order valence-corrected chi connectivity index (χ2v) is 5.60. The van der Waals surface area contributed by atoms with Gasteiger partial charge in [0, 0.05) is 16.8 Å². The number of nitrogens with two attached hydrogens (primary N) is 2. The third kappa shape index (κ3) is 3.46. The number of anilines is 1. The predicted molar refractivity (Wildman–Crippen MR) is 97.5 cm³/mol. The van der Waals surface area contributed by atoms with Crippen molar-refractivity contribution < 1.29 is 4.79 Å². The Bertz CT molecular complexity index is 910. The minimum Gasteiger partial charge on any atom is -0.368 e. The Morgan fingerprint density at radius 3 is 2.54 bits per heavy atom. The van der Waals surface area contributed by atoms with Crippen molar-refractivity contribution in [1.29, 1.82) is 0 Å². The molecule has 0 atom stereocenters. The van der Waals surface area contributed by atoms with Gasteiger partial charge >= 0.3 is 0 Å². The highest BCUT2D eigenvalue weighted by Gasteiger charge is 2.18. The Hall–Kier alpha value is -2.28. The van der Waals surface area contributed by atoms with Crippen molar-refractivity contribution in [2.45, 2.75) is 0 Å². The van der Waals surface area contributed by atoms with Crippen LogP contribution in [0.4, 0.5) is 5.95 Å². The number of rotatable bonds is 3. The predicted octanol–water partition coefficient (Wildman–Crippen LogP) is 3.55. The molecule has 9 heteroatoms. The van der Waals surface area contributed by atoms with Crippen molar-refractivity contribution in [3.8, 4) is 22.6 Å². The van der Waals surface area contributed by atoms with E-state index in [1.165, 1.54) is 6.20 Å². The molecular weight excluding hydrogens is 373 g/mol. The van der Waals surface area contributed by atoms with E-state index in [-0.39, 0.29) is 18.4 Å². The minimum atomic E-state index is -0.587. The van der Waals surface area contributed by atoms with E-state index in [2.05, 4.69) is 15.0 Å². The molecule has 124 valence electrons. The van der Waals surface area contributed by atoms with Gasteiger partial charge in [-0.3, -0.25) is 4.79 Å². The Morgan fingerprint density at radius 1 is 1.17 bits per heavy atom. The number of aromatic nitrogens is 3. The molecule has 0 radical (unpaired) electrons. The molecule has 1 amide bonds. The molecular formula is C15H12Cl3N5O. The Morgan fingerprint density at radius 2 is 1.92 bits per heavy atom. The third-order valence-electron chi connectivity index (χ3n) is 3.23. The van der Waals surface area contributed by atoms with Crippen molar-refractivity contribution in [3.05, 3.63) is 52.1 Å². The van der Waals surface area contributed by atoms with Crippen LogP contribution in [0, 0.1) is 0 Å². The average molecular weight is 385 g/mol. The van der Waals surface area contributed by atoms with Gasteiger partial charge in [-0.15, -0.1) is 12.4 Å². The number of halogens is 3. The lowest BCUT2D eigenvalue weighted by atomic mass is 10.1. The number of nitrogen functional groups attached to an aromatic ring is 1. The van der Waals surface area contributed by atoms with Crippen LogP contribution in [0.3, 0.4) is 0 Å². The standard InChI is InChI=1S/C15H11Cl2N5O.ClH/c16-7-1-2-8(10(17)5-7)13-9(14(18)23)6-12(21-13)11-3-4-20-15(19)22-11;/h1-6,21H,(H2,18,23)(H2,19,20,22);1H. The number of carbonyl (C=O) groups is 1. The van der Waals surface area contributed by atoms with Gasteiger partial charge in [0.05, 0.1) is 27.7 Å². The molecule has 0 fully saturated rings. The lowest BCUT2D eigenvalue weighted by Gasteiger charge is -2.05. The first-order valence-corrected chi connectivity index (χ1v) is 7.28. The van der Waals surface area contributed by atoms with E-state index in [1.54, 1.807) is 30.3 Å². The number of benzene rings is 1. The Labute approximate surface area is 153 Å². The van der Waals surface area contributed by atoms with Crippen molar-refractivity contribution in [2.75, 3.05) is 5.73 Å². The topological polar surface area (TPSA) is 111 Å². The SMILES string of the molecule is Cl.NC(=O)c1cc(-c2ccnc(N)n2)[nH]c1-c1ccc(Cl)cc1Cl. The van der Waals surface area contributed by atoms with E-state index in [9.17, 15) is 4.79 Å². The summed E-state index contributed by atoms with van der Waals surface area (Å²) in [6.45, 7) is 0. The molecule has 0 saturated heterocycles. The van der Waals surface area contributed by atoms with Crippen LogP contribution in [-0.2, 0) is 0 Å². The van der Waals surface area contributed by atoms with Crippen molar-refractivity contribution in [1.82, 2.24) is 15.0 Å². The summed E-state index contributed by atoms with van der Waals surface area (Å²) in [5, 5.41) is 0.894. The molecule has 2 aromatic heterocycles. The van der Waals surface area contributed by atoms with E-state index in [4.69, 9.17) is 34.7 Å². The molecule has 3 rings (SSSR count). The molecule has 0 bridgehead atoms. The molecule has 6 nitrogen and oxygen atoms in total. The summed E-state index contributed by atoms with van der Waals surface area (Å²) < 4.78 is 0. The number of H-pyrrole nitrogens is 1. The van der Waals surface area contributed by atoms with Crippen LogP contribution in [-0.4, -0.2) is 20.9 Å². The molecule has 0 aliphatic carbocycles. The maximum Gasteiger partial charge on any atom is 0.250 e. The van der Waals surface area contributed by atoms with Gasteiger partial charge in [0.2, 0.25) is 5.95 Å². The number of nitrogens with one attached hydrogen (secondary N) is 1. The fourth-order valence-corrected chi connectivity index (χ4v) is 2.72. The number of amides is 1. The third-order valence-corrected chi connectivity index (χ3v) is 3.78. The maximum atomic E-state index is 11.8. The second-order valence-electron chi connectivity index (χ2n) is 4.76. The van der Waals surface area contributed by atoms with Gasteiger partial charge < -0.3 is 16.5 Å². The van der Waals surface area contributed by atoms with Crippen LogP contribution in [0.1, 0.15) is 10.4 Å². The fraction of sp³-hybridized carbons (Fsp3) is 0. The number of hydrogen-bond acceptors (Lipinski definition) is 4. The molecule has 1 aromatic carbocycles. The lowest BCUT2D eigenvalue weighted by Crippen LogP contribution is -2.11. The quantitative estimate of drug-likeness (QED) is 0.641. The first-order chi connectivity index (χ1) is 11.0. The highest BCUT2D eigenvalue weighted by atomic mass is 35.5. The molecule has 0 spiro atoms. The van der Waals surface area contributed by atoms with Crippen molar-refractivity contribution in [3.63, 3.8) is 0 Å². The molecule has 0 unspecified atom stereocenters. The largest absolute Gasteiger partial charge is 0.368 e. The highest BCUT2D eigenvalue weighted by molar-refractivity contribution is 6.36. The lowest BCUT2D eigenvalue weighted by molar-refractivity contribution is 0.100. The smallest absolute Gasteiger partial charge is 0.250 e. The van der Waals surface area contributed by atoms with Gasteiger partial charge in [-0.2, -0.15) is 0 Å². The van der Waals surface area contributed by atoms with Gasteiger partial charge in [-0.25, -0.2) is 9.97 Å². The molecule has 0 aliphatic heterocycles. The van der Waals surface area contributed by atoms with E-state index < -0.39 is 5.91 Å². The van der Waals surface area contributed by atoms with E-state index in [1.807, 2.05) is 0 Å². The molecule has 24 heavy (non-hydrogen) atoms. The first kappa shape index (κ1) is 18.1. The second kappa shape index (κ2) is 7.09. The number of primary amides is 1. The summed E-state index contributed by atoms with van der Waals surface area (Å²) in [4.78, 5) is 22.8. The van der Waals surface area contributed by atoms with E-state index in [0.29, 0.717) is 38.3 Å². The van der Waals surface area contributed by atoms with Gasteiger partial charge in [0.15, 0.2) is 0 Å². The summed E-state index contributed by atoms with van der Waals surface area (Å²) >= 11 is 12.1. The Kier molecular flexibility index (Phi) is 5.33. The number of aromatic amines is 1. The zero-order valence-electron chi connectivity index (χ0n) is 12.1. The normalized spacial score (nSPS) is 10.2. The van der Waals surface area contributed by atoms with Gasteiger partial charge in [0.1, 0.15) is 0 Å². The van der Waals surface area contributed by atoms with Crippen molar-refractivity contribution in [2.24, 2.45) is 5.73 Å². The maximum absolute atomic E-state index is 11.8. The molecule has 0 saturated carbocycles. The van der Waals surface area contributed by atoms with Gasteiger partial charge in [-0.1, -0.05) is 23.2 Å². The fourth-order valence-electron chi connectivity index (χ4n) is 2.22. The van der Waals surface area contributed by atoms with Gasteiger partial charge in [0.25, 0.3) is 5.91 Å². The van der Waals surface area contributed by atoms with Crippen LogP contribution in [0.2, 0.25) is 10.0 Å². The molecule has 3 aromatic rings. The van der Waals surface area contributed by atoms with E-state index >= 15 is 0 Å². The monoisotopic (exact) mass is 383 g/mol. The molecule has 0 aliphatic rings. The van der Waals surface area contributed by atoms with Crippen LogP contribution >= 0.6 is 35.6 Å².